The van der Waals surface area contributed by atoms with E-state index in [2.05, 4.69) is 19.2 Å². The van der Waals surface area contributed by atoms with Gasteiger partial charge in [0.25, 0.3) is 0 Å². The number of nitrogens with one attached hydrogen (secondary N) is 1. The topological polar surface area (TPSA) is 41.6 Å². The molecule has 4 atom stereocenters. The van der Waals surface area contributed by atoms with Crippen LogP contribution in [-0.4, -0.2) is 48.2 Å². The Morgan fingerprint density at radius 3 is 2.84 bits per heavy atom. The maximum absolute atomic E-state index is 12.3. The molecule has 4 nitrogen and oxygen atoms in total. The molecule has 1 amide bonds. The second-order valence-electron chi connectivity index (χ2n) is 6.53. The van der Waals surface area contributed by atoms with E-state index in [1.807, 2.05) is 4.90 Å². The minimum Gasteiger partial charge on any atom is -0.378 e. The zero-order valence-electron chi connectivity index (χ0n) is 12.1. The van der Waals surface area contributed by atoms with Crippen LogP contribution in [0, 0.1) is 5.92 Å². The minimum atomic E-state index is 0.0479. The van der Waals surface area contributed by atoms with E-state index in [9.17, 15) is 4.79 Å². The fraction of sp³-hybridized carbons (Fsp3) is 0.933. The Labute approximate surface area is 115 Å². The third-order valence-corrected chi connectivity index (χ3v) is 5.06. The third kappa shape index (κ3) is 2.52. The van der Waals surface area contributed by atoms with Gasteiger partial charge in [0.05, 0.1) is 12.1 Å². The highest BCUT2D eigenvalue weighted by atomic mass is 16.5. The molecular formula is C15H26N2O2. The molecule has 0 unspecified atom stereocenters. The fourth-order valence-corrected chi connectivity index (χ4v) is 4.01. The molecule has 0 aromatic rings. The van der Waals surface area contributed by atoms with E-state index in [1.54, 1.807) is 0 Å². The molecule has 19 heavy (non-hydrogen) atoms. The monoisotopic (exact) mass is 266 g/mol. The fourth-order valence-electron chi connectivity index (χ4n) is 4.01. The molecule has 108 valence electrons. The van der Waals surface area contributed by atoms with Gasteiger partial charge in [-0.2, -0.15) is 0 Å². The van der Waals surface area contributed by atoms with E-state index < -0.39 is 0 Å². The van der Waals surface area contributed by atoms with Crippen LogP contribution in [0.25, 0.3) is 0 Å². The molecule has 3 fully saturated rings. The van der Waals surface area contributed by atoms with Crippen LogP contribution in [-0.2, 0) is 9.53 Å². The van der Waals surface area contributed by atoms with Crippen LogP contribution in [0.2, 0.25) is 0 Å². The molecule has 1 saturated carbocycles. The van der Waals surface area contributed by atoms with Gasteiger partial charge in [-0.15, -0.1) is 0 Å². The van der Waals surface area contributed by atoms with Gasteiger partial charge in [-0.25, -0.2) is 0 Å². The molecule has 2 saturated heterocycles. The predicted molar refractivity (Wildman–Crippen MR) is 73.9 cm³/mol. The normalized spacial score (nSPS) is 39.1. The van der Waals surface area contributed by atoms with E-state index in [1.165, 1.54) is 19.3 Å². The van der Waals surface area contributed by atoms with Crippen molar-refractivity contribution in [3.63, 3.8) is 0 Å². The molecule has 1 aliphatic carbocycles. The lowest BCUT2D eigenvalue weighted by Gasteiger charge is -2.35. The summed E-state index contributed by atoms with van der Waals surface area (Å²) in [5.74, 6) is 0.936. The summed E-state index contributed by atoms with van der Waals surface area (Å²) in [6.45, 7) is 6.01. The van der Waals surface area contributed by atoms with Crippen LogP contribution in [0.15, 0.2) is 0 Å². The summed E-state index contributed by atoms with van der Waals surface area (Å²) in [6, 6.07) is 0.863. The summed E-state index contributed by atoms with van der Waals surface area (Å²) >= 11 is 0. The van der Waals surface area contributed by atoms with Crippen molar-refractivity contribution in [1.82, 2.24) is 10.2 Å². The standard InChI is InChI=1S/C15H26N2O2/c1-10(2)17-8-6-13(15(17)18)16-12-4-3-5-14-11(12)7-9-19-14/h10-14,16H,3-9H2,1-2H3/t11-,12-,13+,14+/m1/s1. The van der Waals surface area contributed by atoms with Crippen molar-refractivity contribution < 1.29 is 9.53 Å². The molecule has 0 spiro atoms. The van der Waals surface area contributed by atoms with Crippen LogP contribution in [0.3, 0.4) is 0 Å². The number of amides is 1. The number of hydrogen-bond donors (Lipinski definition) is 1. The smallest absolute Gasteiger partial charge is 0.240 e. The van der Waals surface area contributed by atoms with Gasteiger partial charge in [-0.1, -0.05) is 0 Å². The van der Waals surface area contributed by atoms with E-state index in [0.717, 1.165) is 26.0 Å². The molecule has 2 aliphatic heterocycles. The van der Waals surface area contributed by atoms with Gasteiger partial charge >= 0.3 is 0 Å². The zero-order valence-corrected chi connectivity index (χ0v) is 12.1. The van der Waals surface area contributed by atoms with Crippen LogP contribution in [0.5, 0.6) is 0 Å². The lowest BCUT2D eigenvalue weighted by Crippen LogP contribution is -2.50. The van der Waals surface area contributed by atoms with Crippen molar-refractivity contribution in [2.45, 2.75) is 70.2 Å². The van der Waals surface area contributed by atoms with Gasteiger partial charge in [0.15, 0.2) is 0 Å². The Morgan fingerprint density at radius 1 is 1.26 bits per heavy atom. The highest BCUT2D eigenvalue weighted by molar-refractivity contribution is 5.84. The van der Waals surface area contributed by atoms with Crippen LogP contribution >= 0.6 is 0 Å². The first-order valence-corrected chi connectivity index (χ1v) is 7.85. The molecule has 0 bridgehead atoms. The van der Waals surface area contributed by atoms with Crippen LogP contribution in [0.4, 0.5) is 0 Å². The van der Waals surface area contributed by atoms with Gasteiger partial charge in [0.2, 0.25) is 5.91 Å². The number of likely N-dealkylation sites (tertiary alicyclic amines) is 1. The quantitative estimate of drug-likeness (QED) is 0.842. The Hall–Kier alpha value is -0.610. The molecule has 0 radical (unpaired) electrons. The van der Waals surface area contributed by atoms with Crippen molar-refractivity contribution in [2.24, 2.45) is 5.92 Å². The molecule has 1 N–H and O–H groups in total. The summed E-state index contributed by atoms with van der Waals surface area (Å²) in [5, 5.41) is 3.65. The Bertz CT molecular complexity index is 345. The van der Waals surface area contributed by atoms with Gasteiger partial charge in [-0.05, 0) is 46.0 Å². The number of carbonyl (C=O) groups excluding carboxylic acids is 1. The maximum Gasteiger partial charge on any atom is 0.240 e. The third-order valence-electron chi connectivity index (χ3n) is 5.06. The van der Waals surface area contributed by atoms with Crippen molar-refractivity contribution in [3.8, 4) is 0 Å². The minimum absolute atomic E-state index is 0.0479. The van der Waals surface area contributed by atoms with Crippen molar-refractivity contribution in [1.29, 1.82) is 0 Å². The van der Waals surface area contributed by atoms with E-state index in [-0.39, 0.29) is 6.04 Å². The lowest BCUT2D eigenvalue weighted by atomic mass is 9.81. The SMILES string of the molecule is CC(C)N1CC[C@H](N[C@@H]2CCC[C@@H]3OCC[C@@H]32)C1=O. The number of nitrogens with zero attached hydrogens (tertiary/aromatic N) is 1. The Morgan fingerprint density at radius 2 is 2.11 bits per heavy atom. The molecule has 0 aromatic heterocycles. The summed E-state index contributed by atoms with van der Waals surface area (Å²) < 4.78 is 5.80. The molecule has 2 heterocycles. The average Bonchev–Trinajstić information content (AvgIpc) is 2.97. The predicted octanol–water partition coefficient (Wildman–Crippen LogP) is 1.54. The van der Waals surface area contributed by atoms with Crippen molar-refractivity contribution >= 4 is 5.91 Å². The molecular weight excluding hydrogens is 240 g/mol. The van der Waals surface area contributed by atoms with Gasteiger partial charge in [-0.3, -0.25) is 4.79 Å². The summed E-state index contributed by atoms with van der Waals surface area (Å²) in [5.41, 5.74) is 0. The maximum atomic E-state index is 12.3. The number of ether oxygens (including phenoxy) is 1. The largest absolute Gasteiger partial charge is 0.378 e. The first-order valence-electron chi connectivity index (χ1n) is 7.85. The second-order valence-corrected chi connectivity index (χ2v) is 6.53. The van der Waals surface area contributed by atoms with Gasteiger partial charge < -0.3 is 15.0 Å². The van der Waals surface area contributed by atoms with E-state index >= 15 is 0 Å². The van der Waals surface area contributed by atoms with E-state index in [4.69, 9.17) is 4.74 Å². The Balaban J connectivity index is 1.61. The van der Waals surface area contributed by atoms with Crippen LogP contribution in [0.1, 0.15) is 46.0 Å². The molecule has 4 heteroatoms. The Kier molecular flexibility index (Phi) is 3.81. The number of fused-ring (bicyclic) bond motifs is 1. The van der Waals surface area contributed by atoms with Crippen molar-refractivity contribution in [3.05, 3.63) is 0 Å². The lowest BCUT2D eigenvalue weighted by molar-refractivity contribution is -0.131. The van der Waals surface area contributed by atoms with Gasteiger partial charge in [0, 0.05) is 31.2 Å². The summed E-state index contributed by atoms with van der Waals surface area (Å²) in [4.78, 5) is 14.3. The number of rotatable bonds is 3. The highest BCUT2D eigenvalue weighted by Gasteiger charge is 2.41. The zero-order chi connectivity index (χ0) is 13.4. The number of carbonyl (C=O) groups is 1. The molecule has 3 aliphatic rings. The highest BCUT2D eigenvalue weighted by Crippen LogP contribution is 2.35. The second kappa shape index (κ2) is 5.41. The first kappa shape index (κ1) is 13.4. The van der Waals surface area contributed by atoms with Crippen LogP contribution < -0.4 is 5.32 Å². The first-order chi connectivity index (χ1) is 9.16. The average molecular weight is 266 g/mol. The van der Waals surface area contributed by atoms with Crippen molar-refractivity contribution in [2.75, 3.05) is 13.2 Å². The molecule has 3 rings (SSSR count). The summed E-state index contributed by atoms with van der Waals surface area (Å²) in [6.07, 6.45) is 6.22. The van der Waals surface area contributed by atoms with Gasteiger partial charge in [0.1, 0.15) is 0 Å². The van der Waals surface area contributed by atoms with E-state index in [0.29, 0.717) is 30.0 Å². The molecule has 0 aromatic carbocycles. The number of hydrogen-bond acceptors (Lipinski definition) is 3. The summed E-state index contributed by atoms with van der Waals surface area (Å²) in [7, 11) is 0.